The van der Waals surface area contributed by atoms with E-state index in [2.05, 4.69) is 26.6 Å². The van der Waals surface area contributed by atoms with Crippen LogP contribution < -0.4 is 31.3 Å². The number of carbonyl (C=O) groups is 5. The molecule has 6 N–H and O–H groups in total. The fraction of sp³-hybridized carbons (Fsp3) is 0.283. The van der Waals surface area contributed by atoms with Gasteiger partial charge in [0.05, 0.1) is 5.75 Å². The highest BCUT2D eigenvalue weighted by molar-refractivity contribution is 7.85. The van der Waals surface area contributed by atoms with Crippen molar-refractivity contribution in [1.29, 1.82) is 0 Å². The first-order valence-electron chi connectivity index (χ1n) is 20.2. The lowest BCUT2D eigenvalue weighted by Crippen LogP contribution is -2.59. The predicted octanol–water partition coefficient (Wildman–Crippen LogP) is 3.80. The van der Waals surface area contributed by atoms with E-state index in [9.17, 15) is 32.4 Å². The SMILES string of the molecule is O=C1COc2ccc(cc2)C[C@@H](C(=O)NCCCS(=O)(=O)O)NC(=O)[C@H](CCc2ccccc2)NC(=O)[C@@H](Cc2ccc(-c3ccccc3)cc2)NC(=O)[C@H](Cc2cccs2)N1. The second kappa shape index (κ2) is 21.9. The molecule has 4 aromatic carbocycles. The zero-order chi connectivity index (χ0) is 43.9. The molecule has 14 nitrogen and oxygen atoms in total. The van der Waals surface area contributed by atoms with E-state index in [1.165, 1.54) is 11.3 Å². The highest BCUT2D eigenvalue weighted by Crippen LogP contribution is 2.21. The molecule has 0 saturated carbocycles. The first kappa shape index (κ1) is 45.2. The molecule has 2 aliphatic heterocycles. The van der Waals surface area contributed by atoms with Gasteiger partial charge in [0.15, 0.2) is 6.61 Å². The Balaban J connectivity index is 1.32. The van der Waals surface area contributed by atoms with Gasteiger partial charge < -0.3 is 31.3 Å². The Bertz CT molecular complexity index is 2380. The van der Waals surface area contributed by atoms with E-state index < -0.39 is 76.2 Å². The minimum Gasteiger partial charge on any atom is -0.484 e. The van der Waals surface area contributed by atoms with E-state index in [4.69, 9.17) is 9.29 Å². The number of carbonyl (C=O) groups excluding carboxylic acids is 5. The zero-order valence-electron chi connectivity index (χ0n) is 33.8. The van der Waals surface area contributed by atoms with E-state index in [0.717, 1.165) is 27.1 Å². The van der Waals surface area contributed by atoms with Crippen LogP contribution in [0.1, 0.15) is 34.4 Å². The molecule has 0 aliphatic carbocycles. The molecular weight excluding hydrogens is 831 g/mol. The quantitative estimate of drug-likeness (QED) is 0.0577. The van der Waals surface area contributed by atoms with Gasteiger partial charge in [-0.1, -0.05) is 103 Å². The highest BCUT2D eigenvalue weighted by atomic mass is 32.2. The van der Waals surface area contributed by atoms with E-state index >= 15 is 0 Å². The lowest BCUT2D eigenvalue weighted by atomic mass is 9.99. The topological polar surface area (TPSA) is 209 Å². The van der Waals surface area contributed by atoms with Crippen LogP contribution in [0.15, 0.2) is 127 Å². The Morgan fingerprint density at radius 3 is 1.98 bits per heavy atom. The zero-order valence-corrected chi connectivity index (χ0v) is 35.5. The van der Waals surface area contributed by atoms with Gasteiger partial charge in [0, 0.05) is 30.7 Å². The standard InChI is InChI=1S/C46H49N5O9S2/c52-42-30-60-36-21-16-33(17-22-36)27-39(43(53)47-24-8-26-62(57,58)59)50-44(54)38(23-18-31-9-3-1-4-10-31)49-45(55)40(51-46(56)41(48-42)29-37-13-7-25-61-37)28-32-14-19-35(20-15-32)34-11-5-2-6-12-34/h1-7,9-17,19-22,25,38-41H,8,18,23-24,26-30H2,(H,47,53)(H,48,52)(H,49,55)(H,50,54)(H,51,56)(H,57,58,59)/t38-,39-,40+,41-/m0/s1. The summed E-state index contributed by atoms with van der Waals surface area (Å²) in [7, 11) is -4.26. The van der Waals surface area contributed by atoms with E-state index in [1.54, 1.807) is 24.3 Å². The smallest absolute Gasteiger partial charge is 0.264 e. The second-order valence-electron chi connectivity index (χ2n) is 14.9. The van der Waals surface area contributed by atoms with Crippen molar-refractivity contribution in [2.24, 2.45) is 0 Å². The Morgan fingerprint density at radius 1 is 0.694 bits per heavy atom. The molecule has 2 bridgehead atoms. The van der Waals surface area contributed by atoms with E-state index in [0.29, 0.717) is 17.7 Å². The molecule has 324 valence electrons. The molecule has 5 amide bonds. The van der Waals surface area contributed by atoms with Crippen LogP contribution in [-0.2, 0) is 59.8 Å². The molecule has 5 aromatic rings. The van der Waals surface area contributed by atoms with Crippen LogP contribution in [0.3, 0.4) is 0 Å². The normalized spacial score (nSPS) is 19.0. The Hall–Kier alpha value is -6.36. The van der Waals surface area contributed by atoms with Gasteiger partial charge in [0.2, 0.25) is 23.6 Å². The van der Waals surface area contributed by atoms with Crippen molar-refractivity contribution >= 4 is 51.0 Å². The molecule has 0 radical (unpaired) electrons. The number of amides is 5. The van der Waals surface area contributed by atoms with Crippen molar-refractivity contribution in [1.82, 2.24) is 26.6 Å². The number of rotatable bonds is 13. The number of nitrogens with one attached hydrogen (secondary N) is 5. The van der Waals surface area contributed by atoms with Crippen LogP contribution in [-0.4, -0.2) is 85.6 Å². The van der Waals surface area contributed by atoms with Crippen molar-refractivity contribution < 1.29 is 41.7 Å². The van der Waals surface area contributed by atoms with Gasteiger partial charge in [-0.05, 0) is 70.7 Å². The van der Waals surface area contributed by atoms with Crippen LogP contribution in [0.2, 0.25) is 0 Å². The molecule has 3 heterocycles. The molecule has 0 unspecified atom stereocenters. The van der Waals surface area contributed by atoms with Gasteiger partial charge in [-0.2, -0.15) is 8.42 Å². The van der Waals surface area contributed by atoms with Crippen LogP contribution in [0.4, 0.5) is 0 Å². The van der Waals surface area contributed by atoms with Gasteiger partial charge in [-0.3, -0.25) is 28.5 Å². The summed E-state index contributed by atoms with van der Waals surface area (Å²) in [5.41, 5.74) is 4.19. The highest BCUT2D eigenvalue weighted by Gasteiger charge is 2.32. The molecule has 0 fully saturated rings. The van der Waals surface area contributed by atoms with Gasteiger partial charge in [0.25, 0.3) is 16.0 Å². The number of hydrogen-bond acceptors (Lipinski definition) is 9. The van der Waals surface area contributed by atoms with Crippen LogP contribution in [0.5, 0.6) is 5.75 Å². The maximum absolute atomic E-state index is 14.5. The van der Waals surface area contributed by atoms with Crippen molar-refractivity contribution in [2.75, 3.05) is 18.9 Å². The summed E-state index contributed by atoms with van der Waals surface area (Å²) in [5, 5.41) is 15.8. The van der Waals surface area contributed by atoms with Gasteiger partial charge in [-0.15, -0.1) is 11.3 Å². The Morgan fingerprint density at radius 2 is 1.32 bits per heavy atom. The summed E-state index contributed by atoms with van der Waals surface area (Å²) in [6.45, 7) is -0.520. The fourth-order valence-electron chi connectivity index (χ4n) is 6.93. The van der Waals surface area contributed by atoms with Gasteiger partial charge in [0.1, 0.15) is 29.9 Å². The first-order valence-corrected chi connectivity index (χ1v) is 22.7. The Labute approximate surface area is 364 Å². The Kier molecular flexibility index (Phi) is 16.0. The second-order valence-corrected chi connectivity index (χ2v) is 17.6. The average molecular weight is 880 g/mol. The molecular formula is C46H49N5O9S2. The molecule has 7 rings (SSSR count). The third-order valence-corrected chi connectivity index (χ3v) is 11.9. The van der Waals surface area contributed by atoms with Crippen LogP contribution in [0, 0.1) is 0 Å². The number of fused-ring (bicyclic) bond motifs is 16. The lowest BCUT2D eigenvalue weighted by molar-refractivity contribution is -0.134. The first-order chi connectivity index (χ1) is 29.9. The van der Waals surface area contributed by atoms with Gasteiger partial charge >= 0.3 is 0 Å². The molecule has 0 spiro atoms. The third kappa shape index (κ3) is 14.1. The van der Waals surface area contributed by atoms with E-state index in [-0.39, 0.29) is 38.6 Å². The number of benzene rings is 4. The van der Waals surface area contributed by atoms with Crippen molar-refractivity contribution in [3.05, 3.63) is 148 Å². The molecule has 62 heavy (non-hydrogen) atoms. The number of thiophene rings is 1. The molecule has 4 atom stereocenters. The monoisotopic (exact) mass is 879 g/mol. The minimum atomic E-state index is -4.26. The number of aryl methyl sites for hydroxylation is 1. The summed E-state index contributed by atoms with van der Waals surface area (Å²) in [6, 6.07) is 32.3. The van der Waals surface area contributed by atoms with E-state index in [1.807, 2.05) is 102 Å². The molecule has 2 aliphatic rings. The summed E-state index contributed by atoms with van der Waals surface area (Å²) in [5.74, 6) is -3.36. The van der Waals surface area contributed by atoms with Gasteiger partial charge in [-0.25, -0.2) is 0 Å². The summed E-state index contributed by atoms with van der Waals surface area (Å²) in [4.78, 5) is 70.9. The third-order valence-electron chi connectivity index (χ3n) is 10.2. The van der Waals surface area contributed by atoms with Crippen molar-refractivity contribution in [3.63, 3.8) is 0 Å². The summed E-state index contributed by atoms with van der Waals surface area (Å²) < 4.78 is 37.5. The van der Waals surface area contributed by atoms with Crippen LogP contribution >= 0.6 is 11.3 Å². The molecule has 0 saturated heterocycles. The predicted molar refractivity (Wildman–Crippen MR) is 236 cm³/mol. The van der Waals surface area contributed by atoms with Crippen LogP contribution in [0.25, 0.3) is 11.1 Å². The largest absolute Gasteiger partial charge is 0.484 e. The minimum absolute atomic E-state index is 0.00194. The van der Waals surface area contributed by atoms with Crippen molar-refractivity contribution in [3.8, 4) is 16.9 Å². The maximum atomic E-state index is 14.5. The average Bonchev–Trinajstić information content (AvgIpc) is 3.79. The summed E-state index contributed by atoms with van der Waals surface area (Å²) in [6.07, 6.45) is 0.602. The van der Waals surface area contributed by atoms with Crippen molar-refractivity contribution in [2.45, 2.75) is 62.7 Å². The molecule has 1 aromatic heterocycles. The number of ether oxygens (including phenoxy) is 1. The summed E-state index contributed by atoms with van der Waals surface area (Å²) >= 11 is 1.42. The lowest BCUT2D eigenvalue weighted by Gasteiger charge is -2.27. The number of hydrogen-bond donors (Lipinski definition) is 6. The maximum Gasteiger partial charge on any atom is 0.264 e. The molecule has 16 heteroatoms. The fourth-order valence-corrected chi connectivity index (χ4v) is 8.19.